The minimum atomic E-state index is -3.62. The van der Waals surface area contributed by atoms with Gasteiger partial charge < -0.3 is 4.74 Å². The predicted molar refractivity (Wildman–Crippen MR) is 38.1 cm³/mol. The molecule has 0 aromatic rings. The molecule has 1 rings (SSSR count). The van der Waals surface area contributed by atoms with Crippen LogP contribution in [0.3, 0.4) is 0 Å². The van der Waals surface area contributed by atoms with Crippen molar-refractivity contribution >= 4 is 16.0 Å². The maximum absolute atomic E-state index is 10.6. The zero-order valence-corrected chi connectivity index (χ0v) is 7.00. The molecule has 1 unspecified atom stereocenters. The molecule has 1 atom stereocenters. The minimum Gasteiger partial charge on any atom is -0.453 e. The van der Waals surface area contributed by atoms with Crippen LogP contribution in [0.25, 0.3) is 0 Å². The van der Waals surface area contributed by atoms with Crippen LogP contribution in [0.1, 0.15) is 0 Å². The molecule has 0 fully saturated rings. The molecule has 1 N–H and O–H groups in total. The molecule has 1 amide bonds. The van der Waals surface area contributed by atoms with Crippen molar-refractivity contribution in [2.24, 2.45) is 0 Å². The number of nitrogens with one attached hydrogen (secondary N) is 1. The SMILES string of the molecule is CS(=O)(=O)OC1NC(=O)C=CO1. The third-order valence-electron chi connectivity index (χ3n) is 0.944. The van der Waals surface area contributed by atoms with Crippen molar-refractivity contribution in [1.29, 1.82) is 0 Å². The highest BCUT2D eigenvalue weighted by atomic mass is 32.2. The van der Waals surface area contributed by atoms with Crippen LogP contribution in [0.4, 0.5) is 0 Å². The van der Waals surface area contributed by atoms with E-state index < -0.39 is 22.4 Å². The molecule has 7 heteroatoms. The van der Waals surface area contributed by atoms with Crippen LogP contribution >= 0.6 is 0 Å². The molecule has 68 valence electrons. The Labute approximate surface area is 69.3 Å². The van der Waals surface area contributed by atoms with Crippen molar-refractivity contribution in [2.45, 2.75) is 6.41 Å². The molecule has 0 aromatic carbocycles. The summed E-state index contributed by atoms with van der Waals surface area (Å²) in [5.41, 5.74) is 0. The van der Waals surface area contributed by atoms with E-state index in [9.17, 15) is 13.2 Å². The monoisotopic (exact) mass is 193 g/mol. The quantitative estimate of drug-likeness (QED) is 0.563. The van der Waals surface area contributed by atoms with Gasteiger partial charge in [-0.15, -0.1) is 0 Å². The van der Waals surface area contributed by atoms with E-state index in [4.69, 9.17) is 0 Å². The second-order valence-electron chi connectivity index (χ2n) is 2.08. The number of carbonyl (C=O) groups is 1. The second-order valence-corrected chi connectivity index (χ2v) is 3.68. The van der Waals surface area contributed by atoms with E-state index in [1.54, 1.807) is 0 Å². The van der Waals surface area contributed by atoms with Gasteiger partial charge in [0.2, 0.25) is 0 Å². The van der Waals surface area contributed by atoms with E-state index in [1.165, 1.54) is 0 Å². The standard InChI is InChI=1S/C5H7NO5S/c1-12(8,9)11-5-6-4(7)2-3-10-5/h2-3,5H,1H3,(H,6,7). The van der Waals surface area contributed by atoms with Crippen molar-refractivity contribution in [2.75, 3.05) is 6.26 Å². The number of hydrogen-bond acceptors (Lipinski definition) is 5. The first-order chi connectivity index (χ1) is 5.47. The Balaban J connectivity index is 2.57. The lowest BCUT2D eigenvalue weighted by Crippen LogP contribution is -2.40. The highest BCUT2D eigenvalue weighted by molar-refractivity contribution is 7.86. The first-order valence-corrected chi connectivity index (χ1v) is 4.80. The van der Waals surface area contributed by atoms with Crippen molar-refractivity contribution in [3.63, 3.8) is 0 Å². The Kier molecular flexibility index (Phi) is 2.34. The second kappa shape index (κ2) is 3.11. The van der Waals surface area contributed by atoms with Crippen LogP contribution < -0.4 is 5.32 Å². The van der Waals surface area contributed by atoms with Crippen molar-refractivity contribution < 1.29 is 22.1 Å². The normalized spacial score (nSPS) is 23.1. The van der Waals surface area contributed by atoms with Gasteiger partial charge in [-0.2, -0.15) is 8.42 Å². The average Bonchev–Trinajstić information content (AvgIpc) is 1.82. The van der Waals surface area contributed by atoms with Crippen molar-refractivity contribution in [3.05, 3.63) is 12.3 Å². The van der Waals surface area contributed by atoms with Gasteiger partial charge in [-0.1, -0.05) is 0 Å². The molecular formula is C5H7NO5S. The number of rotatable bonds is 2. The largest absolute Gasteiger partial charge is 0.453 e. The van der Waals surface area contributed by atoms with E-state index in [-0.39, 0.29) is 0 Å². The van der Waals surface area contributed by atoms with Gasteiger partial charge in [-0.3, -0.25) is 10.1 Å². The Morgan fingerprint density at radius 3 is 2.83 bits per heavy atom. The Morgan fingerprint density at radius 1 is 1.67 bits per heavy atom. The fourth-order valence-corrected chi connectivity index (χ4v) is 0.987. The highest BCUT2D eigenvalue weighted by Gasteiger charge is 2.19. The summed E-state index contributed by atoms with van der Waals surface area (Å²) in [6, 6.07) is 0. The summed E-state index contributed by atoms with van der Waals surface area (Å²) in [4.78, 5) is 10.6. The smallest absolute Gasteiger partial charge is 0.298 e. The molecule has 1 aliphatic rings. The summed E-state index contributed by atoms with van der Waals surface area (Å²) in [7, 11) is -3.62. The fraction of sp³-hybridized carbons (Fsp3) is 0.400. The highest BCUT2D eigenvalue weighted by Crippen LogP contribution is 2.01. The molecular weight excluding hydrogens is 186 g/mol. The fourth-order valence-electron chi connectivity index (χ4n) is 0.576. The molecule has 6 nitrogen and oxygen atoms in total. The van der Waals surface area contributed by atoms with Crippen molar-refractivity contribution in [3.8, 4) is 0 Å². The third kappa shape index (κ3) is 2.89. The number of ether oxygens (including phenoxy) is 1. The van der Waals surface area contributed by atoms with Gasteiger partial charge in [0, 0.05) is 6.08 Å². The Hall–Kier alpha value is -1.08. The predicted octanol–water partition coefficient (Wildman–Crippen LogP) is -1.09. The maximum atomic E-state index is 10.6. The van der Waals surface area contributed by atoms with Gasteiger partial charge in [0.25, 0.3) is 22.4 Å². The van der Waals surface area contributed by atoms with Crippen LogP contribution in [-0.4, -0.2) is 27.0 Å². The van der Waals surface area contributed by atoms with E-state index in [2.05, 4.69) is 14.2 Å². The Morgan fingerprint density at radius 2 is 2.33 bits per heavy atom. The average molecular weight is 193 g/mol. The van der Waals surface area contributed by atoms with E-state index >= 15 is 0 Å². The topological polar surface area (TPSA) is 81.7 Å². The molecule has 0 saturated heterocycles. The lowest BCUT2D eigenvalue weighted by molar-refractivity contribution is -0.130. The first-order valence-electron chi connectivity index (χ1n) is 2.98. The van der Waals surface area contributed by atoms with Crippen LogP contribution in [-0.2, 0) is 23.8 Å². The van der Waals surface area contributed by atoms with Gasteiger partial charge in [-0.25, -0.2) is 4.18 Å². The van der Waals surface area contributed by atoms with Gasteiger partial charge in [0.15, 0.2) is 0 Å². The number of hydrogen-bond donors (Lipinski definition) is 1. The molecule has 0 bridgehead atoms. The zero-order chi connectivity index (χ0) is 9.19. The zero-order valence-electron chi connectivity index (χ0n) is 6.18. The van der Waals surface area contributed by atoms with E-state index in [0.29, 0.717) is 0 Å². The van der Waals surface area contributed by atoms with Crippen LogP contribution in [0.15, 0.2) is 12.3 Å². The molecule has 1 aliphatic heterocycles. The summed E-state index contributed by atoms with van der Waals surface area (Å²) < 4.78 is 30.0. The van der Waals surface area contributed by atoms with E-state index in [0.717, 1.165) is 18.6 Å². The Bertz CT molecular complexity index is 306. The van der Waals surface area contributed by atoms with Crippen LogP contribution in [0.5, 0.6) is 0 Å². The van der Waals surface area contributed by atoms with E-state index in [1.807, 2.05) is 0 Å². The summed E-state index contributed by atoms with van der Waals surface area (Å²) in [6.07, 6.45) is 1.79. The molecule has 0 spiro atoms. The van der Waals surface area contributed by atoms with Gasteiger partial charge in [-0.05, 0) is 0 Å². The van der Waals surface area contributed by atoms with Crippen LogP contribution in [0.2, 0.25) is 0 Å². The molecule has 0 aliphatic carbocycles. The molecule has 1 heterocycles. The summed E-state index contributed by atoms with van der Waals surface area (Å²) in [5, 5.41) is 2.12. The maximum Gasteiger partial charge on any atom is 0.298 e. The summed E-state index contributed by atoms with van der Waals surface area (Å²) >= 11 is 0. The van der Waals surface area contributed by atoms with Crippen molar-refractivity contribution in [1.82, 2.24) is 5.32 Å². The molecule has 12 heavy (non-hydrogen) atoms. The number of amides is 1. The third-order valence-corrected chi connectivity index (χ3v) is 1.47. The number of carbonyl (C=O) groups excluding carboxylic acids is 1. The van der Waals surface area contributed by atoms with Gasteiger partial charge in [0.1, 0.15) is 0 Å². The molecule has 0 radical (unpaired) electrons. The summed E-state index contributed by atoms with van der Waals surface area (Å²) in [6.45, 7) is 0. The molecule has 0 aromatic heterocycles. The minimum absolute atomic E-state index is 0.463. The summed E-state index contributed by atoms with van der Waals surface area (Å²) in [5.74, 6) is -0.463. The first kappa shape index (κ1) is 9.01. The van der Waals surface area contributed by atoms with Crippen LogP contribution in [0, 0.1) is 0 Å². The van der Waals surface area contributed by atoms with Gasteiger partial charge in [0.05, 0.1) is 12.5 Å². The lowest BCUT2D eigenvalue weighted by atomic mass is 10.5. The molecule has 0 saturated carbocycles. The van der Waals surface area contributed by atoms with Gasteiger partial charge >= 0.3 is 0 Å². The lowest BCUT2D eigenvalue weighted by Gasteiger charge is -2.18.